The van der Waals surface area contributed by atoms with E-state index < -0.39 is 5.97 Å². The summed E-state index contributed by atoms with van der Waals surface area (Å²) in [6, 6.07) is 0. The Kier molecular flexibility index (Phi) is 37.0. The van der Waals surface area contributed by atoms with E-state index in [2.05, 4.69) is 26.0 Å². The second kappa shape index (κ2) is 38.1. The Labute approximate surface area is 287 Å². The van der Waals surface area contributed by atoms with E-state index in [4.69, 9.17) is 9.84 Å². The third kappa shape index (κ3) is 37.1. The Hall–Kier alpha value is -1.32. The quantitative estimate of drug-likeness (QED) is 0.0411. The largest absolute Gasteiger partial charge is 0.481 e. The summed E-state index contributed by atoms with van der Waals surface area (Å²) in [5.41, 5.74) is 0. The number of hydrogen-bond donors (Lipinski definition) is 1. The van der Waals surface area contributed by atoms with Crippen LogP contribution in [0.15, 0.2) is 12.2 Å². The van der Waals surface area contributed by atoms with Crippen LogP contribution in [-0.4, -0.2) is 23.1 Å². The Balaban J connectivity index is 3.50. The minimum atomic E-state index is -0.667. The lowest BCUT2D eigenvalue weighted by atomic mass is 10.0. The molecular formula is C42H80O4. The van der Waals surface area contributed by atoms with E-state index in [9.17, 15) is 9.59 Å². The number of carbonyl (C=O) groups excluding carboxylic acids is 1. The van der Waals surface area contributed by atoms with Gasteiger partial charge in [-0.05, 0) is 57.8 Å². The normalized spacial score (nSPS) is 12.2. The number of aliphatic carboxylic acids is 1. The molecule has 0 aliphatic heterocycles. The summed E-state index contributed by atoms with van der Waals surface area (Å²) >= 11 is 0. The third-order valence-electron chi connectivity index (χ3n) is 9.47. The van der Waals surface area contributed by atoms with Crippen molar-refractivity contribution in [3.8, 4) is 0 Å². The van der Waals surface area contributed by atoms with Gasteiger partial charge in [-0.2, -0.15) is 0 Å². The molecule has 0 saturated heterocycles. The fraction of sp³-hybridized carbons (Fsp3) is 0.905. The van der Waals surface area contributed by atoms with Crippen molar-refractivity contribution in [1.82, 2.24) is 0 Å². The lowest BCUT2D eigenvalue weighted by Gasteiger charge is -2.17. The molecule has 0 aromatic carbocycles. The Bertz CT molecular complexity index is 658. The van der Waals surface area contributed by atoms with Gasteiger partial charge in [0.25, 0.3) is 0 Å². The van der Waals surface area contributed by atoms with Gasteiger partial charge in [0.1, 0.15) is 6.10 Å². The average molecular weight is 649 g/mol. The van der Waals surface area contributed by atoms with Gasteiger partial charge in [0.2, 0.25) is 0 Å². The number of carboxylic acids is 1. The van der Waals surface area contributed by atoms with Crippen LogP contribution in [0.4, 0.5) is 0 Å². The van der Waals surface area contributed by atoms with Crippen LogP contribution in [0, 0.1) is 0 Å². The van der Waals surface area contributed by atoms with E-state index in [1.165, 1.54) is 167 Å². The SMILES string of the molecule is CCCCCCCC/C=C\CCCCCCCCCCCC(=O)OC(CCC)CCCCCCCCCCCCCCCC(=O)O. The van der Waals surface area contributed by atoms with Gasteiger partial charge in [0.05, 0.1) is 0 Å². The molecule has 0 heterocycles. The maximum atomic E-state index is 12.4. The summed E-state index contributed by atoms with van der Waals surface area (Å²) in [6.45, 7) is 4.47. The molecule has 0 aromatic rings. The van der Waals surface area contributed by atoms with Crippen LogP contribution in [0.25, 0.3) is 0 Å². The first-order valence-electron chi connectivity index (χ1n) is 20.7. The molecule has 0 bridgehead atoms. The highest BCUT2D eigenvalue weighted by molar-refractivity contribution is 5.69. The zero-order valence-electron chi connectivity index (χ0n) is 31.2. The van der Waals surface area contributed by atoms with Crippen LogP contribution < -0.4 is 0 Å². The topological polar surface area (TPSA) is 63.6 Å². The van der Waals surface area contributed by atoms with Crippen LogP contribution in [0.5, 0.6) is 0 Å². The van der Waals surface area contributed by atoms with Crippen molar-refractivity contribution in [3.05, 3.63) is 12.2 Å². The lowest BCUT2D eigenvalue weighted by molar-refractivity contribution is -0.150. The van der Waals surface area contributed by atoms with Crippen molar-refractivity contribution >= 4 is 11.9 Å². The highest BCUT2D eigenvalue weighted by Gasteiger charge is 2.13. The van der Waals surface area contributed by atoms with Crippen molar-refractivity contribution in [3.63, 3.8) is 0 Å². The number of hydrogen-bond acceptors (Lipinski definition) is 3. The molecule has 1 N–H and O–H groups in total. The van der Waals surface area contributed by atoms with Gasteiger partial charge in [-0.25, -0.2) is 0 Å². The van der Waals surface area contributed by atoms with E-state index >= 15 is 0 Å². The highest BCUT2D eigenvalue weighted by atomic mass is 16.5. The first-order chi connectivity index (χ1) is 22.6. The van der Waals surface area contributed by atoms with E-state index in [0.29, 0.717) is 12.8 Å². The van der Waals surface area contributed by atoms with Crippen molar-refractivity contribution in [1.29, 1.82) is 0 Å². The molecule has 0 aliphatic rings. The Morgan fingerprint density at radius 2 is 0.826 bits per heavy atom. The van der Waals surface area contributed by atoms with E-state index in [1.54, 1.807) is 0 Å². The zero-order valence-corrected chi connectivity index (χ0v) is 31.2. The van der Waals surface area contributed by atoms with Crippen LogP contribution >= 0.6 is 0 Å². The number of carboxylic acid groups (broad SMARTS) is 1. The van der Waals surface area contributed by atoms with Gasteiger partial charge in [0.15, 0.2) is 0 Å². The minimum Gasteiger partial charge on any atom is -0.481 e. The predicted octanol–water partition coefficient (Wildman–Crippen LogP) is 14.2. The summed E-state index contributed by atoms with van der Waals surface area (Å²) in [7, 11) is 0. The van der Waals surface area contributed by atoms with Gasteiger partial charge in [-0.1, -0.05) is 180 Å². The number of ether oxygens (including phenoxy) is 1. The molecule has 0 rings (SSSR count). The van der Waals surface area contributed by atoms with E-state index in [-0.39, 0.29) is 12.1 Å². The van der Waals surface area contributed by atoms with Crippen molar-refractivity contribution in [2.45, 2.75) is 245 Å². The molecule has 0 aliphatic carbocycles. The van der Waals surface area contributed by atoms with Crippen molar-refractivity contribution in [2.24, 2.45) is 0 Å². The molecule has 4 nitrogen and oxygen atoms in total. The number of unbranched alkanes of at least 4 members (excludes halogenated alkanes) is 27. The molecule has 0 aromatic heterocycles. The Morgan fingerprint density at radius 3 is 1.24 bits per heavy atom. The van der Waals surface area contributed by atoms with E-state index in [0.717, 1.165) is 44.9 Å². The van der Waals surface area contributed by atoms with Gasteiger partial charge < -0.3 is 9.84 Å². The van der Waals surface area contributed by atoms with Crippen molar-refractivity contribution < 1.29 is 19.4 Å². The second-order valence-corrected chi connectivity index (χ2v) is 14.2. The molecule has 46 heavy (non-hydrogen) atoms. The first kappa shape index (κ1) is 44.7. The van der Waals surface area contributed by atoms with Crippen LogP contribution in [0.3, 0.4) is 0 Å². The molecule has 0 spiro atoms. The van der Waals surface area contributed by atoms with Crippen LogP contribution in [0.2, 0.25) is 0 Å². The molecule has 0 fully saturated rings. The van der Waals surface area contributed by atoms with Gasteiger partial charge in [0, 0.05) is 12.8 Å². The number of esters is 1. The van der Waals surface area contributed by atoms with Crippen LogP contribution in [0.1, 0.15) is 239 Å². The molecular weight excluding hydrogens is 568 g/mol. The predicted molar refractivity (Wildman–Crippen MR) is 200 cm³/mol. The average Bonchev–Trinajstić information content (AvgIpc) is 3.03. The molecule has 272 valence electrons. The Morgan fingerprint density at radius 1 is 0.457 bits per heavy atom. The summed E-state index contributed by atoms with van der Waals surface area (Å²) < 4.78 is 5.88. The molecule has 0 radical (unpaired) electrons. The summed E-state index contributed by atoms with van der Waals surface area (Å²) in [5.74, 6) is -0.640. The number of rotatable bonds is 38. The van der Waals surface area contributed by atoms with E-state index in [1.807, 2.05) is 0 Å². The molecule has 0 amide bonds. The smallest absolute Gasteiger partial charge is 0.306 e. The summed E-state index contributed by atoms with van der Waals surface area (Å²) in [6.07, 6.45) is 47.3. The maximum Gasteiger partial charge on any atom is 0.306 e. The summed E-state index contributed by atoms with van der Waals surface area (Å²) in [5, 5.41) is 8.66. The second-order valence-electron chi connectivity index (χ2n) is 14.2. The highest BCUT2D eigenvalue weighted by Crippen LogP contribution is 2.18. The lowest BCUT2D eigenvalue weighted by Crippen LogP contribution is -2.18. The van der Waals surface area contributed by atoms with Gasteiger partial charge >= 0.3 is 11.9 Å². The molecule has 1 unspecified atom stereocenters. The standard InChI is InChI=1S/C42H80O4/c1-3-5-6-7-8-9-10-11-12-13-14-15-16-20-23-26-29-32-35-39-42(45)46-40(36-4-2)37-33-30-27-24-21-18-17-19-22-25-28-31-34-38-41(43)44/h11-12,40H,3-10,13-39H2,1-2H3,(H,43,44)/b12-11-. The van der Waals surface area contributed by atoms with Crippen molar-refractivity contribution in [2.75, 3.05) is 0 Å². The molecule has 4 heteroatoms. The fourth-order valence-corrected chi connectivity index (χ4v) is 6.47. The minimum absolute atomic E-state index is 0.0275. The number of allylic oxidation sites excluding steroid dienone is 2. The van der Waals surface area contributed by atoms with Gasteiger partial charge in [-0.3, -0.25) is 9.59 Å². The number of carbonyl (C=O) groups is 2. The monoisotopic (exact) mass is 649 g/mol. The summed E-state index contributed by atoms with van der Waals surface area (Å²) in [4.78, 5) is 23.0. The zero-order chi connectivity index (χ0) is 33.6. The fourth-order valence-electron chi connectivity index (χ4n) is 6.47. The van der Waals surface area contributed by atoms with Crippen LogP contribution in [-0.2, 0) is 14.3 Å². The molecule has 1 atom stereocenters. The van der Waals surface area contributed by atoms with Gasteiger partial charge in [-0.15, -0.1) is 0 Å². The molecule has 0 saturated carbocycles. The maximum absolute atomic E-state index is 12.4. The first-order valence-corrected chi connectivity index (χ1v) is 20.7. The third-order valence-corrected chi connectivity index (χ3v) is 9.47.